The van der Waals surface area contributed by atoms with Crippen LogP contribution in [0.15, 0.2) is 97.1 Å². The van der Waals surface area contributed by atoms with Crippen molar-refractivity contribution in [2.75, 3.05) is 0 Å². The Balaban J connectivity index is 0.000000229. The molecule has 0 aliphatic rings. The fourth-order valence-electron chi connectivity index (χ4n) is 3.20. The number of alkyl halides is 3. The summed E-state index contributed by atoms with van der Waals surface area (Å²) in [4.78, 5) is 19.4. The fraction of sp³-hybridized carbons (Fsp3) is 0.111. The number of hydrogen-bond donors (Lipinski definition) is 0. The number of benzene rings is 4. The largest absolute Gasteiger partial charge is 0.279 e. The van der Waals surface area contributed by atoms with E-state index in [-0.39, 0.29) is 17.3 Å². The summed E-state index contributed by atoms with van der Waals surface area (Å²) in [6, 6.07) is 27.5. The molecule has 39 heavy (non-hydrogen) atoms. The van der Waals surface area contributed by atoms with Crippen molar-refractivity contribution in [1.82, 2.24) is 0 Å². The van der Waals surface area contributed by atoms with E-state index in [9.17, 15) is 20.2 Å². The summed E-state index contributed by atoms with van der Waals surface area (Å²) in [7, 11) is 0. The lowest BCUT2D eigenvalue weighted by molar-refractivity contribution is -0.394. The van der Waals surface area contributed by atoms with Crippen molar-refractivity contribution in [1.29, 1.82) is 0 Å². The molecule has 204 valence electrons. The molecule has 12 heteroatoms. The highest BCUT2D eigenvalue weighted by Gasteiger charge is 2.35. The number of halogens is 6. The molecule has 0 saturated heterocycles. The van der Waals surface area contributed by atoms with Crippen molar-refractivity contribution in [3.8, 4) is 0 Å². The number of nitro groups is 2. The number of rotatable bonds is 4. The van der Waals surface area contributed by atoms with E-state index in [2.05, 4.69) is 0 Å². The van der Waals surface area contributed by atoms with Gasteiger partial charge in [-0.25, -0.2) is 0 Å². The number of hydrogen-bond acceptors (Lipinski definition) is 4. The molecule has 0 unspecified atom stereocenters. The molecule has 6 nitrogen and oxygen atoms in total. The number of nitrogens with zero attached hydrogens (tertiary/aromatic N) is 2. The maximum absolute atomic E-state index is 10.4. The Morgan fingerprint density at radius 2 is 1.08 bits per heavy atom. The molecule has 0 saturated carbocycles. The Kier molecular flexibility index (Phi) is 12.8. The Labute approximate surface area is 255 Å². The molecule has 4 rings (SSSR count). The zero-order valence-corrected chi connectivity index (χ0v) is 24.6. The second kappa shape index (κ2) is 15.3. The number of aryl methyl sites for hydroxylation is 1. The second-order valence-corrected chi connectivity index (χ2v) is 11.5. The van der Waals surface area contributed by atoms with Crippen LogP contribution in [-0.2, 0) is 0 Å². The third-order valence-corrected chi connectivity index (χ3v) is 6.48. The first-order valence-corrected chi connectivity index (χ1v) is 13.2. The molecule has 0 fully saturated rings. The van der Waals surface area contributed by atoms with Gasteiger partial charge in [-0.3, -0.25) is 20.2 Å². The van der Waals surface area contributed by atoms with Gasteiger partial charge in [0, 0.05) is 26.7 Å². The van der Waals surface area contributed by atoms with Crippen molar-refractivity contribution in [2.45, 2.75) is 16.6 Å². The Morgan fingerprint density at radius 1 is 0.641 bits per heavy atom. The van der Waals surface area contributed by atoms with Gasteiger partial charge in [0.1, 0.15) is 0 Å². The maximum Gasteiger partial charge on any atom is 0.279 e. The van der Waals surface area contributed by atoms with Gasteiger partial charge in [-0.1, -0.05) is 112 Å². The van der Waals surface area contributed by atoms with Crippen LogP contribution in [0.4, 0.5) is 11.4 Å². The topological polar surface area (TPSA) is 86.3 Å². The summed E-state index contributed by atoms with van der Waals surface area (Å²) in [5.74, 6) is -0.382. The Hall–Kier alpha value is -2.58. The SMILES string of the molecule is Cc1ccc([N+](=O)[O-])cc1[N+](=O)[O-].Clc1ccc(C(c2ccc(Cl)cc2)C(Cl)(Cl)Cl)cc1.Clc1ccccc1. The monoisotopic (exact) mass is 646 g/mol. The van der Waals surface area contributed by atoms with Crippen LogP contribution in [0.5, 0.6) is 0 Å². The van der Waals surface area contributed by atoms with Crippen LogP contribution in [0, 0.1) is 27.2 Å². The average molecular weight is 649 g/mol. The highest BCUT2D eigenvalue weighted by molar-refractivity contribution is 6.68. The maximum atomic E-state index is 10.4. The van der Waals surface area contributed by atoms with Crippen molar-refractivity contribution in [2.24, 2.45) is 0 Å². The first-order chi connectivity index (χ1) is 18.3. The fourth-order valence-corrected chi connectivity index (χ4v) is 4.36. The minimum atomic E-state index is -1.46. The van der Waals surface area contributed by atoms with E-state index in [1.54, 1.807) is 24.3 Å². The van der Waals surface area contributed by atoms with Gasteiger partial charge in [0.2, 0.25) is 3.79 Å². The van der Waals surface area contributed by atoms with E-state index in [0.717, 1.165) is 22.2 Å². The molecule has 0 atom stereocenters. The quantitative estimate of drug-likeness (QED) is 0.125. The highest BCUT2D eigenvalue weighted by Crippen LogP contribution is 2.45. The average Bonchev–Trinajstić information content (AvgIpc) is 2.87. The predicted octanol–water partition coefficient (Wildman–Crippen LogP) is 10.6. The van der Waals surface area contributed by atoms with Gasteiger partial charge in [0.15, 0.2) is 0 Å². The summed E-state index contributed by atoms with van der Waals surface area (Å²) < 4.78 is -1.46. The van der Waals surface area contributed by atoms with Gasteiger partial charge < -0.3 is 0 Å². The van der Waals surface area contributed by atoms with E-state index < -0.39 is 13.6 Å². The first kappa shape index (κ1) is 32.6. The second-order valence-electron chi connectivity index (χ2n) is 7.86. The van der Waals surface area contributed by atoms with Crippen LogP contribution in [-0.4, -0.2) is 13.6 Å². The first-order valence-electron chi connectivity index (χ1n) is 11.0. The molecule has 0 aliphatic carbocycles. The van der Waals surface area contributed by atoms with E-state index in [4.69, 9.17) is 69.6 Å². The van der Waals surface area contributed by atoms with Gasteiger partial charge in [-0.05, 0) is 60.5 Å². The van der Waals surface area contributed by atoms with Crippen LogP contribution in [0.25, 0.3) is 0 Å². The summed E-state index contributed by atoms with van der Waals surface area (Å²) >= 11 is 35.6. The van der Waals surface area contributed by atoms with Crippen LogP contribution in [0.2, 0.25) is 15.1 Å². The summed E-state index contributed by atoms with van der Waals surface area (Å²) in [5, 5.41) is 22.7. The summed E-state index contributed by atoms with van der Waals surface area (Å²) in [6.07, 6.45) is 0. The lowest BCUT2D eigenvalue weighted by Crippen LogP contribution is -2.18. The molecule has 4 aromatic rings. The van der Waals surface area contributed by atoms with Gasteiger partial charge >= 0.3 is 0 Å². The summed E-state index contributed by atoms with van der Waals surface area (Å²) in [5.41, 5.74) is 1.68. The smallest absolute Gasteiger partial charge is 0.258 e. The number of nitro benzene ring substituents is 2. The van der Waals surface area contributed by atoms with Gasteiger partial charge in [-0.2, -0.15) is 0 Å². The zero-order valence-electron chi connectivity index (χ0n) is 20.1. The van der Waals surface area contributed by atoms with Gasteiger partial charge in [-0.15, -0.1) is 0 Å². The predicted molar refractivity (Wildman–Crippen MR) is 161 cm³/mol. The third kappa shape index (κ3) is 10.8. The molecule has 4 aromatic carbocycles. The Morgan fingerprint density at radius 3 is 1.41 bits per heavy atom. The zero-order chi connectivity index (χ0) is 29.2. The molecular weight excluding hydrogens is 629 g/mol. The van der Waals surface area contributed by atoms with Crippen LogP contribution < -0.4 is 0 Å². The van der Waals surface area contributed by atoms with Crippen molar-refractivity contribution in [3.05, 3.63) is 149 Å². The molecule has 0 aromatic heterocycles. The molecule has 0 N–H and O–H groups in total. The number of non-ortho nitro benzene ring substituents is 1. The molecule has 0 spiro atoms. The Bertz CT molecular complexity index is 1340. The third-order valence-electron chi connectivity index (χ3n) is 5.07. The van der Waals surface area contributed by atoms with Gasteiger partial charge in [0.25, 0.3) is 11.4 Å². The van der Waals surface area contributed by atoms with Crippen molar-refractivity contribution < 1.29 is 9.85 Å². The lowest BCUT2D eigenvalue weighted by atomic mass is 9.92. The molecule has 0 bridgehead atoms. The normalized spacial score (nSPS) is 10.6. The van der Waals surface area contributed by atoms with E-state index in [0.29, 0.717) is 15.6 Å². The highest BCUT2D eigenvalue weighted by atomic mass is 35.6. The minimum absolute atomic E-state index is 0.228. The van der Waals surface area contributed by atoms with E-state index in [1.165, 1.54) is 19.1 Å². The van der Waals surface area contributed by atoms with E-state index >= 15 is 0 Å². The van der Waals surface area contributed by atoms with Crippen LogP contribution >= 0.6 is 69.6 Å². The molecule has 0 radical (unpaired) electrons. The van der Waals surface area contributed by atoms with Crippen LogP contribution in [0.1, 0.15) is 22.6 Å². The van der Waals surface area contributed by atoms with Crippen LogP contribution in [0.3, 0.4) is 0 Å². The molecule has 0 heterocycles. The van der Waals surface area contributed by atoms with E-state index in [1.807, 2.05) is 54.6 Å². The van der Waals surface area contributed by atoms with Crippen molar-refractivity contribution in [3.63, 3.8) is 0 Å². The van der Waals surface area contributed by atoms with Crippen molar-refractivity contribution >= 4 is 81.0 Å². The standard InChI is InChI=1S/C14H9Cl5.C7H6N2O4.C6H5Cl/c15-11-5-1-9(2-6-11)13(14(17,18)19)10-3-7-12(16)8-4-10;1-5-2-3-6(8(10)11)4-7(5)9(12)13;7-6-4-2-1-3-5-6/h1-8,13H;2-4H,1H3;1-5H. The minimum Gasteiger partial charge on any atom is -0.258 e. The molecule has 0 aliphatic heterocycles. The molecule has 0 amide bonds. The van der Waals surface area contributed by atoms with Gasteiger partial charge in [0.05, 0.1) is 21.8 Å². The summed E-state index contributed by atoms with van der Waals surface area (Å²) in [6.45, 7) is 1.53. The molecular formula is C27H20Cl6N2O4. The lowest BCUT2D eigenvalue weighted by Gasteiger charge is -2.25.